The lowest BCUT2D eigenvalue weighted by atomic mass is 10.1. The Kier molecular flexibility index (Phi) is 3.16. The topological polar surface area (TPSA) is 73.5 Å². The summed E-state index contributed by atoms with van der Waals surface area (Å²) in [7, 11) is 4.42. The number of phenols is 1. The van der Waals surface area contributed by atoms with Crippen molar-refractivity contribution in [1.82, 2.24) is 9.13 Å². The molecular weight excluding hydrogens is 248 g/mol. The van der Waals surface area contributed by atoms with Gasteiger partial charge in [-0.1, -0.05) is 6.07 Å². The summed E-state index contributed by atoms with van der Waals surface area (Å²) < 4.78 is 7.37. The summed E-state index contributed by atoms with van der Waals surface area (Å²) in [6.45, 7) is 0. The lowest BCUT2D eigenvalue weighted by molar-refractivity contribution is 0.373. The molecule has 2 rings (SSSR count). The van der Waals surface area contributed by atoms with Crippen LogP contribution >= 0.6 is 0 Å². The average Bonchev–Trinajstić information content (AvgIpc) is 2.41. The molecule has 0 bridgehead atoms. The third-order valence-corrected chi connectivity index (χ3v) is 2.94. The van der Waals surface area contributed by atoms with Crippen molar-refractivity contribution in [3.63, 3.8) is 0 Å². The summed E-state index contributed by atoms with van der Waals surface area (Å²) in [5.74, 6) is 0.265. The van der Waals surface area contributed by atoms with Crippen molar-refractivity contribution in [3.8, 4) is 22.6 Å². The smallest absolute Gasteiger partial charge is 0.330 e. The van der Waals surface area contributed by atoms with Crippen LogP contribution in [0.25, 0.3) is 11.1 Å². The van der Waals surface area contributed by atoms with Crippen LogP contribution in [0.5, 0.6) is 11.5 Å². The summed E-state index contributed by atoms with van der Waals surface area (Å²) in [5.41, 5.74) is 0.157. The van der Waals surface area contributed by atoms with Gasteiger partial charge in [0.05, 0.1) is 12.7 Å². The summed E-state index contributed by atoms with van der Waals surface area (Å²) in [5, 5.41) is 9.54. The van der Waals surface area contributed by atoms with Gasteiger partial charge in [0.25, 0.3) is 5.56 Å². The van der Waals surface area contributed by atoms with Crippen molar-refractivity contribution < 1.29 is 9.84 Å². The van der Waals surface area contributed by atoms with E-state index in [0.29, 0.717) is 11.1 Å². The van der Waals surface area contributed by atoms with Crippen LogP contribution < -0.4 is 16.0 Å². The first-order valence-electron chi connectivity index (χ1n) is 5.59. The minimum Gasteiger partial charge on any atom is -0.504 e. The standard InChI is InChI=1S/C13H14N2O4/c1-14-7-9(12(17)15(2)13(14)18)8-4-5-10(16)11(6-8)19-3/h4-7,16H,1-3H3. The largest absolute Gasteiger partial charge is 0.504 e. The zero-order valence-electron chi connectivity index (χ0n) is 10.9. The van der Waals surface area contributed by atoms with Gasteiger partial charge in [-0.25, -0.2) is 4.79 Å². The summed E-state index contributed by atoms with van der Waals surface area (Å²) in [6.07, 6.45) is 1.47. The molecule has 0 spiro atoms. The molecule has 0 saturated heterocycles. The van der Waals surface area contributed by atoms with Crippen molar-refractivity contribution >= 4 is 0 Å². The molecular formula is C13H14N2O4. The number of aryl methyl sites for hydroxylation is 1. The number of ether oxygens (including phenoxy) is 1. The Bertz CT molecular complexity index is 743. The number of hydrogen-bond donors (Lipinski definition) is 1. The second-order valence-electron chi connectivity index (χ2n) is 4.19. The van der Waals surface area contributed by atoms with E-state index in [9.17, 15) is 14.7 Å². The number of aromatic hydroxyl groups is 1. The maximum absolute atomic E-state index is 12.1. The maximum Gasteiger partial charge on any atom is 0.330 e. The first-order valence-corrected chi connectivity index (χ1v) is 5.59. The van der Waals surface area contributed by atoms with Gasteiger partial charge >= 0.3 is 5.69 Å². The molecule has 1 N–H and O–H groups in total. The molecule has 6 heteroatoms. The van der Waals surface area contributed by atoms with E-state index in [0.717, 1.165) is 4.57 Å². The first-order chi connectivity index (χ1) is 8.95. The molecule has 1 heterocycles. The summed E-state index contributed by atoms with van der Waals surface area (Å²) in [6, 6.07) is 4.59. The van der Waals surface area contributed by atoms with Gasteiger partial charge < -0.3 is 14.4 Å². The zero-order chi connectivity index (χ0) is 14.2. The highest BCUT2D eigenvalue weighted by Gasteiger charge is 2.11. The van der Waals surface area contributed by atoms with E-state index in [1.807, 2.05) is 0 Å². The molecule has 0 radical (unpaired) electrons. The van der Waals surface area contributed by atoms with Gasteiger partial charge in [-0.2, -0.15) is 0 Å². The van der Waals surface area contributed by atoms with E-state index in [1.54, 1.807) is 19.2 Å². The molecule has 0 saturated carbocycles. The number of rotatable bonds is 2. The second kappa shape index (κ2) is 4.64. The molecule has 100 valence electrons. The molecule has 0 aliphatic rings. The van der Waals surface area contributed by atoms with Crippen molar-refractivity contribution in [2.75, 3.05) is 7.11 Å². The van der Waals surface area contributed by atoms with Gasteiger partial charge in [0.15, 0.2) is 11.5 Å². The van der Waals surface area contributed by atoms with Gasteiger partial charge in [-0.05, 0) is 17.7 Å². The van der Waals surface area contributed by atoms with E-state index in [-0.39, 0.29) is 17.2 Å². The summed E-state index contributed by atoms with van der Waals surface area (Å²) in [4.78, 5) is 23.7. The third kappa shape index (κ3) is 2.12. The molecule has 2 aromatic rings. The van der Waals surface area contributed by atoms with Gasteiger partial charge in [0.1, 0.15) is 0 Å². The molecule has 0 fully saturated rings. The van der Waals surface area contributed by atoms with E-state index in [1.165, 1.54) is 31.0 Å². The molecule has 0 aliphatic carbocycles. The highest BCUT2D eigenvalue weighted by atomic mass is 16.5. The van der Waals surface area contributed by atoms with Crippen molar-refractivity contribution in [2.45, 2.75) is 0 Å². The Labute approximate surface area is 109 Å². The molecule has 1 aromatic carbocycles. The fraction of sp³-hybridized carbons (Fsp3) is 0.231. The number of hydrogen-bond acceptors (Lipinski definition) is 4. The quantitative estimate of drug-likeness (QED) is 0.853. The third-order valence-electron chi connectivity index (χ3n) is 2.94. The van der Waals surface area contributed by atoms with Crippen LogP contribution in [0.15, 0.2) is 34.0 Å². The predicted octanol–water partition coefficient (Wildman–Crippen LogP) is 0.465. The Morgan fingerprint density at radius 1 is 1.21 bits per heavy atom. The average molecular weight is 262 g/mol. The van der Waals surface area contributed by atoms with Crippen molar-refractivity contribution in [3.05, 3.63) is 45.2 Å². The molecule has 0 aliphatic heterocycles. The first kappa shape index (κ1) is 12.9. The van der Waals surface area contributed by atoms with E-state index < -0.39 is 5.56 Å². The number of nitrogens with zero attached hydrogens (tertiary/aromatic N) is 2. The van der Waals surface area contributed by atoms with Crippen LogP contribution in [0.4, 0.5) is 0 Å². The lowest BCUT2D eigenvalue weighted by Gasteiger charge is -2.09. The Hall–Kier alpha value is -2.50. The molecule has 0 unspecified atom stereocenters. The van der Waals surface area contributed by atoms with E-state index in [2.05, 4.69) is 0 Å². The predicted molar refractivity (Wildman–Crippen MR) is 70.6 cm³/mol. The Morgan fingerprint density at radius 2 is 1.89 bits per heavy atom. The highest BCUT2D eigenvalue weighted by molar-refractivity contribution is 5.65. The SMILES string of the molecule is COc1cc(-c2cn(C)c(=O)n(C)c2=O)ccc1O. The zero-order valence-corrected chi connectivity index (χ0v) is 10.9. The number of aromatic nitrogens is 2. The lowest BCUT2D eigenvalue weighted by Crippen LogP contribution is -2.37. The van der Waals surface area contributed by atoms with E-state index >= 15 is 0 Å². The summed E-state index contributed by atoms with van der Waals surface area (Å²) >= 11 is 0. The highest BCUT2D eigenvalue weighted by Crippen LogP contribution is 2.29. The molecule has 6 nitrogen and oxygen atoms in total. The van der Waals surface area contributed by atoms with Crippen LogP contribution in [-0.2, 0) is 14.1 Å². The second-order valence-corrected chi connectivity index (χ2v) is 4.19. The van der Waals surface area contributed by atoms with Gasteiger partial charge in [-0.3, -0.25) is 9.36 Å². The molecule has 1 aromatic heterocycles. The fourth-order valence-corrected chi connectivity index (χ4v) is 1.85. The monoisotopic (exact) mass is 262 g/mol. The Morgan fingerprint density at radius 3 is 2.53 bits per heavy atom. The minimum atomic E-state index is -0.393. The van der Waals surface area contributed by atoms with E-state index in [4.69, 9.17) is 4.74 Å². The van der Waals surface area contributed by atoms with Gasteiger partial charge in [0, 0.05) is 20.3 Å². The number of benzene rings is 1. The molecule has 19 heavy (non-hydrogen) atoms. The number of phenolic OH excluding ortho intramolecular Hbond substituents is 1. The molecule has 0 amide bonds. The van der Waals surface area contributed by atoms with Crippen molar-refractivity contribution in [2.24, 2.45) is 14.1 Å². The normalized spacial score (nSPS) is 10.5. The van der Waals surface area contributed by atoms with Crippen LogP contribution in [-0.4, -0.2) is 21.4 Å². The van der Waals surface area contributed by atoms with Crippen molar-refractivity contribution in [1.29, 1.82) is 0 Å². The molecule has 0 atom stereocenters. The van der Waals surface area contributed by atoms with Gasteiger partial charge in [-0.15, -0.1) is 0 Å². The fourth-order valence-electron chi connectivity index (χ4n) is 1.85. The maximum atomic E-state index is 12.1. The number of methoxy groups -OCH3 is 1. The van der Waals surface area contributed by atoms with Crippen LogP contribution in [0.3, 0.4) is 0 Å². The van der Waals surface area contributed by atoms with Gasteiger partial charge in [0.2, 0.25) is 0 Å². The van der Waals surface area contributed by atoms with Crippen LogP contribution in [0, 0.1) is 0 Å². The Balaban J connectivity index is 2.73. The van der Waals surface area contributed by atoms with Crippen LogP contribution in [0.2, 0.25) is 0 Å². The van der Waals surface area contributed by atoms with Crippen LogP contribution in [0.1, 0.15) is 0 Å². The minimum absolute atomic E-state index is 0.00658.